The molecule has 0 spiro atoms. The minimum absolute atomic E-state index is 0.0210. The number of hydrogen-bond acceptors (Lipinski definition) is 7. The minimum Gasteiger partial charge on any atom is -0.481 e. The molecule has 1 aromatic heterocycles. The van der Waals surface area contributed by atoms with Crippen LogP contribution < -0.4 is 4.74 Å². The first-order chi connectivity index (χ1) is 16.9. The van der Waals surface area contributed by atoms with Gasteiger partial charge in [0.1, 0.15) is 5.75 Å². The average Bonchev–Trinajstić information content (AvgIpc) is 3.36. The molecule has 35 heavy (non-hydrogen) atoms. The van der Waals surface area contributed by atoms with Crippen molar-refractivity contribution in [3.63, 3.8) is 0 Å². The number of rotatable bonds is 8. The summed E-state index contributed by atoms with van der Waals surface area (Å²) in [4.78, 5) is 33.0. The quantitative estimate of drug-likeness (QED) is 0.469. The lowest BCUT2D eigenvalue weighted by Crippen LogP contribution is -2.40. The van der Waals surface area contributed by atoms with E-state index in [-0.39, 0.29) is 11.8 Å². The van der Waals surface area contributed by atoms with Gasteiger partial charge in [-0.25, -0.2) is 0 Å². The normalized spacial score (nSPS) is 14.4. The summed E-state index contributed by atoms with van der Waals surface area (Å²) in [6.07, 6.45) is -0.249. The lowest BCUT2D eigenvalue weighted by molar-refractivity contribution is -0.136. The number of aromatic nitrogens is 2. The molecule has 1 saturated heterocycles. The van der Waals surface area contributed by atoms with Gasteiger partial charge in [-0.2, -0.15) is 4.98 Å². The molecular weight excluding hydrogens is 472 g/mol. The molecule has 1 aliphatic rings. The maximum atomic E-state index is 12.6. The SMILES string of the molecule is C[C@@H](Oc1cccc(Cl)c1)C(=O)N(C)CCc1noc(-c2ccc(C(=O)N3CCOCC3)cc2)n1. The number of hydrogen-bond donors (Lipinski definition) is 0. The predicted octanol–water partition coefficient (Wildman–Crippen LogP) is 3.33. The number of carbonyl (C=O) groups excluding carboxylic acids is 2. The molecule has 9 nitrogen and oxygen atoms in total. The molecule has 1 atom stereocenters. The van der Waals surface area contributed by atoms with Crippen molar-refractivity contribution in [2.24, 2.45) is 0 Å². The van der Waals surface area contributed by atoms with Gasteiger partial charge >= 0.3 is 0 Å². The van der Waals surface area contributed by atoms with Crippen molar-refractivity contribution in [1.82, 2.24) is 19.9 Å². The highest BCUT2D eigenvalue weighted by Crippen LogP contribution is 2.20. The highest BCUT2D eigenvalue weighted by molar-refractivity contribution is 6.30. The van der Waals surface area contributed by atoms with Crippen molar-refractivity contribution in [2.75, 3.05) is 39.9 Å². The number of benzene rings is 2. The van der Waals surface area contributed by atoms with Gasteiger partial charge in [0, 0.05) is 49.3 Å². The van der Waals surface area contributed by atoms with Crippen molar-refractivity contribution in [3.8, 4) is 17.2 Å². The highest BCUT2D eigenvalue weighted by atomic mass is 35.5. The summed E-state index contributed by atoms with van der Waals surface area (Å²) in [6, 6.07) is 14.0. The van der Waals surface area contributed by atoms with E-state index in [1.165, 1.54) is 0 Å². The Morgan fingerprint density at radius 1 is 1.17 bits per heavy atom. The second kappa shape index (κ2) is 11.3. The topological polar surface area (TPSA) is 98.0 Å². The van der Waals surface area contributed by atoms with Crippen LogP contribution in [-0.4, -0.2) is 77.8 Å². The van der Waals surface area contributed by atoms with Crippen LogP contribution >= 0.6 is 11.6 Å². The first kappa shape index (κ1) is 24.7. The maximum absolute atomic E-state index is 12.6. The largest absolute Gasteiger partial charge is 0.481 e. The molecule has 0 N–H and O–H groups in total. The minimum atomic E-state index is -0.669. The third-order valence-electron chi connectivity index (χ3n) is 5.65. The van der Waals surface area contributed by atoms with Crippen LogP contribution in [-0.2, 0) is 16.0 Å². The van der Waals surface area contributed by atoms with Crippen LogP contribution in [0, 0.1) is 0 Å². The number of ether oxygens (including phenoxy) is 2. The average molecular weight is 499 g/mol. The van der Waals surface area contributed by atoms with Crippen molar-refractivity contribution < 1.29 is 23.6 Å². The molecule has 1 aliphatic heterocycles. The smallest absolute Gasteiger partial charge is 0.263 e. The molecule has 0 aliphatic carbocycles. The van der Waals surface area contributed by atoms with E-state index in [1.807, 2.05) is 0 Å². The molecule has 2 amide bonds. The third-order valence-corrected chi connectivity index (χ3v) is 5.88. The van der Waals surface area contributed by atoms with Crippen molar-refractivity contribution in [2.45, 2.75) is 19.4 Å². The fourth-order valence-electron chi connectivity index (χ4n) is 3.66. The molecule has 10 heteroatoms. The van der Waals surface area contributed by atoms with Gasteiger partial charge in [-0.15, -0.1) is 0 Å². The van der Waals surface area contributed by atoms with Gasteiger partial charge in [0.15, 0.2) is 11.9 Å². The second-order valence-electron chi connectivity index (χ2n) is 8.22. The Kier molecular flexibility index (Phi) is 7.99. The van der Waals surface area contributed by atoms with Gasteiger partial charge in [0.25, 0.3) is 17.7 Å². The van der Waals surface area contributed by atoms with Crippen LogP contribution in [0.2, 0.25) is 5.02 Å². The van der Waals surface area contributed by atoms with E-state index < -0.39 is 6.10 Å². The number of halogens is 1. The van der Waals surface area contributed by atoms with E-state index in [0.29, 0.717) is 67.3 Å². The van der Waals surface area contributed by atoms with E-state index >= 15 is 0 Å². The Hall–Kier alpha value is -3.43. The molecule has 2 heterocycles. The summed E-state index contributed by atoms with van der Waals surface area (Å²) in [5, 5.41) is 4.56. The molecule has 2 aromatic carbocycles. The molecule has 1 fully saturated rings. The second-order valence-corrected chi connectivity index (χ2v) is 8.66. The lowest BCUT2D eigenvalue weighted by atomic mass is 10.1. The Morgan fingerprint density at radius 3 is 2.63 bits per heavy atom. The summed E-state index contributed by atoms with van der Waals surface area (Å²) in [5.41, 5.74) is 1.32. The highest BCUT2D eigenvalue weighted by Gasteiger charge is 2.21. The van der Waals surface area contributed by atoms with Crippen molar-refractivity contribution in [3.05, 3.63) is 64.9 Å². The van der Waals surface area contributed by atoms with Crippen molar-refractivity contribution in [1.29, 1.82) is 0 Å². The summed E-state index contributed by atoms with van der Waals surface area (Å²) in [5.74, 6) is 1.18. The van der Waals surface area contributed by atoms with Crippen LogP contribution in [0.1, 0.15) is 23.1 Å². The maximum Gasteiger partial charge on any atom is 0.263 e. The molecular formula is C25H27ClN4O5. The van der Waals surface area contributed by atoms with Crippen LogP contribution in [0.3, 0.4) is 0 Å². The Labute approximate surface area is 208 Å². The summed E-state index contributed by atoms with van der Waals surface area (Å²) >= 11 is 5.97. The van der Waals surface area contributed by atoms with E-state index in [2.05, 4.69) is 10.1 Å². The zero-order chi connectivity index (χ0) is 24.8. The van der Waals surface area contributed by atoms with E-state index in [1.54, 1.807) is 72.3 Å². The number of likely N-dealkylation sites (N-methyl/N-ethyl adjacent to an activating group) is 1. The van der Waals surface area contributed by atoms with Gasteiger partial charge < -0.3 is 23.8 Å². The number of morpholine rings is 1. The number of carbonyl (C=O) groups is 2. The zero-order valence-corrected chi connectivity index (χ0v) is 20.4. The molecule has 0 unspecified atom stereocenters. The lowest BCUT2D eigenvalue weighted by Gasteiger charge is -2.26. The van der Waals surface area contributed by atoms with Crippen LogP contribution in [0.25, 0.3) is 11.5 Å². The molecule has 0 saturated carbocycles. The molecule has 0 radical (unpaired) electrons. The summed E-state index contributed by atoms with van der Waals surface area (Å²) < 4.78 is 16.4. The molecule has 3 aromatic rings. The van der Waals surface area contributed by atoms with E-state index in [0.717, 1.165) is 5.56 Å². The molecule has 4 rings (SSSR count). The van der Waals surface area contributed by atoms with E-state index in [9.17, 15) is 9.59 Å². The van der Waals surface area contributed by atoms with Crippen molar-refractivity contribution >= 4 is 23.4 Å². The Morgan fingerprint density at radius 2 is 1.91 bits per heavy atom. The molecule has 0 bridgehead atoms. The van der Waals surface area contributed by atoms with Gasteiger partial charge in [-0.05, 0) is 49.4 Å². The van der Waals surface area contributed by atoms with Gasteiger partial charge in [0.05, 0.1) is 13.2 Å². The standard InChI is InChI=1S/C25H27ClN4O5/c1-17(34-21-5-3-4-20(26)16-21)24(31)29(2)11-10-22-27-23(35-28-22)18-6-8-19(9-7-18)25(32)30-12-14-33-15-13-30/h3-9,16-17H,10-15H2,1-2H3/t17-/m1/s1. The first-order valence-electron chi connectivity index (χ1n) is 11.4. The number of amides is 2. The van der Waals surface area contributed by atoms with Crippen LogP contribution in [0.4, 0.5) is 0 Å². The van der Waals surface area contributed by atoms with Crippen LogP contribution in [0.5, 0.6) is 5.75 Å². The zero-order valence-electron chi connectivity index (χ0n) is 19.6. The Balaban J connectivity index is 1.30. The first-order valence-corrected chi connectivity index (χ1v) is 11.8. The monoisotopic (exact) mass is 498 g/mol. The van der Waals surface area contributed by atoms with Gasteiger partial charge in [0.2, 0.25) is 0 Å². The molecule has 184 valence electrons. The van der Waals surface area contributed by atoms with Gasteiger partial charge in [-0.3, -0.25) is 9.59 Å². The predicted molar refractivity (Wildman–Crippen MR) is 129 cm³/mol. The summed E-state index contributed by atoms with van der Waals surface area (Å²) in [6.45, 7) is 4.40. The third kappa shape index (κ3) is 6.37. The Bertz CT molecular complexity index is 1160. The van der Waals surface area contributed by atoms with Gasteiger partial charge in [-0.1, -0.05) is 22.8 Å². The van der Waals surface area contributed by atoms with E-state index in [4.69, 9.17) is 25.6 Å². The van der Waals surface area contributed by atoms with Crippen LogP contribution in [0.15, 0.2) is 53.1 Å². The summed E-state index contributed by atoms with van der Waals surface area (Å²) in [7, 11) is 1.70. The fraction of sp³-hybridized carbons (Fsp3) is 0.360. The fourth-order valence-corrected chi connectivity index (χ4v) is 3.84. The number of nitrogens with zero attached hydrogens (tertiary/aromatic N) is 4.